The van der Waals surface area contributed by atoms with Gasteiger partial charge in [0.2, 0.25) is 11.9 Å². The average molecular weight is 788 g/mol. The second kappa shape index (κ2) is 17.9. The van der Waals surface area contributed by atoms with E-state index in [1.165, 1.54) is 79.3 Å². The average Bonchev–Trinajstić information content (AvgIpc) is 4.02. The predicted octanol–water partition coefficient (Wildman–Crippen LogP) is 9.30. The number of nitrogens with zero attached hydrogens (tertiary/aromatic N) is 7. The summed E-state index contributed by atoms with van der Waals surface area (Å²) in [6.07, 6.45) is 15.0. The molecule has 12 nitrogen and oxygen atoms in total. The molecule has 2 atom stereocenters. The van der Waals surface area contributed by atoms with Gasteiger partial charge in [-0.05, 0) is 85.7 Å². The van der Waals surface area contributed by atoms with Gasteiger partial charge >= 0.3 is 5.97 Å². The van der Waals surface area contributed by atoms with E-state index in [1.54, 1.807) is 13.1 Å². The van der Waals surface area contributed by atoms with E-state index >= 15 is 0 Å². The van der Waals surface area contributed by atoms with E-state index in [9.17, 15) is 23.5 Å². The molecule has 7 heterocycles. The lowest BCUT2D eigenvalue weighted by Gasteiger charge is -2.17. The van der Waals surface area contributed by atoms with Crippen LogP contribution in [0.4, 0.5) is 20.7 Å². The van der Waals surface area contributed by atoms with Crippen molar-refractivity contribution in [3.05, 3.63) is 93.0 Å². The molecule has 0 spiro atoms. The van der Waals surface area contributed by atoms with Crippen LogP contribution in [0.1, 0.15) is 114 Å². The smallest absolute Gasteiger partial charge is 0.356 e. The first-order chi connectivity index (χ1) is 26.5. The number of nitrogens with one attached hydrogen (secondary N) is 2. The normalized spacial score (nSPS) is 14.8. The molecular weight excluding hydrogens is 745 g/mol. The quantitative estimate of drug-likeness (QED) is 0.135. The van der Waals surface area contributed by atoms with Gasteiger partial charge in [-0.1, -0.05) is 32.1 Å². The number of aromatic nitrogens is 6. The number of thiophene rings is 2. The Morgan fingerprint density at radius 3 is 1.56 bits per heavy atom. The maximum atomic E-state index is 13.5. The maximum Gasteiger partial charge on any atom is 0.356 e. The van der Waals surface area contributed by atoms with Gasteiger partial charge < -0.3 is 20.6 Å². The highest BCUT2D eigenvalue weighted by molar-refractivity contribution is 7.18. The van der Waals surface area contributed by atoms with E-state index in [0.717, 1.165) is 53.5 Å². The summed E-state index contributed by atoms with van der Waals surface area (Å²) in [5, 5.41) is 19.4. The first-order valence-electron chi connectivity index (χ1n) is 18.3. The number of rotatable bonds is 8. The summed E-state index contributed by atoms with van der Waals surface area (Å²) >= 11 is 2.80. The number of carbonyl (C=O) groups is 2. The highest BCUT2D eigenvalue weighted by Gasteiger charge is 2.25. The van der Waals surface area contributed by atoms with Crippen LogP contribution in [0.25, 0.3) is 20.4 Å². The number of amides is 1. The van der Waals surface area contributed by atoms with Gasteiger partial charge in [-0.25, -0.2) is 33.5 Å². The van der Waals surface area contributed by atoms with E-state index in [2.05, 4.69) is 40.5 Å². The number of carboxylic acid groups (broad SMARTS) is 1. The Balaban J connectivity index is 0.000000167. The van der Waals surface area contributed by atoms with Crippen LogP contribution < -0.4 is 10.6 Å². The zero-order chi connectivity index (χ0) is 39.1. The summed E-state index contributed by atoms with van der Waals surface area (Å²) < 4.78 is 28.1. The topological polar surface area (TPSA) is 159 Å². The molecule has 1 aliphatic carbocycles. The number of aryl methyl sites for hydroxylation is 2. The van der Waals surface area contributed by atoms with Crippen molar-refractivity contribution < 1.29 is 23.5 Å². The number of carboxylic acids is 1. The van der Waals surface area contributed by atoms with Crippen LogP contribution in [0.15, 0.2) is 47.7 Å². The summed E-state index contributed by atoms with van der Waals surface area (Å²) in [4.78, 5) is 51.5. The Hall–Kier alpha value is -5.22. The van der Waals surface area contributed by atoms with Crippen LogP contribution in [-0.2, 0) is 0 Å². The Kier molecular flexibility index (Phi) is 12.9. The van der Waals surface area contributed by atoms with Crippen molar-refractivity contribution in [3.63, 3.8) is 0 Å². The first kappa shape index (κ1) is 39.5. The van der Waals surface area contributed by atoms with Gasteiger partial charge in [0.1, 0.15) is 11.6 Å². The van der Waals surface area contributed by atoms with Gasteiger partial charge in [-0.2, -0.15) is 0 Å². The fraction of sp³-hybridized carbons (Fsp3) is 0.385. The number of halogens is 2. The molecule has 55 heavy (non-hydrogen) atoms. The Morgan fingerprint density at radius 2 is 1.13 bits per heavy atom. The van der Waals surface area contributed by atoms with E-state index in [4.69, 9.17) is 0 Å². The second-order valence-corrected chi connectivity index (χ2v) is 15.4. The molecule has 0 aromatic carbocycles. The number of likely N-dealkylation sites (tertiary alicyclic amines) is 1. The summed E-state index contributed by atoms with van der Waals surface area (Å²) in [5.41, 5.74) is 4.99. The molecule has 0 radical (unpaired) electrons. The summed E-state index contributed by atoms with van der Waals surface area (Å²) in [6, 6.07) is 2.21. The van der Waals surface area contributed by atoms with E-state index in [1.807, 2.05) is 36.4 Å². The summed E-state index contributed by atoms with van der Waals surface area (Å²) in [5.74, 6) is -1.44. The van der Waals surface area contributed by atoms with Crippen molar-refractivity contribution in [3.8, 4) is 0 Å². The summed E-state index contributed by atoms with van der Waals surface area (Å²) in [7, 11) is 0. The van der Waals surface area contributed by atoms with Crippen molar-refractivity contribution in [2.45, 2.75) is 84.7 Å². The lowest BCUT2D eigenvalue weighted by molar-refractivity contribution is 0.0692. The third kappa shape index (κ3) is 9.72. The van der Waals surface area contributed by atoms with Gasteiger partial charge in [-0.3, -0.25) is 14.8 Å². The fourth-order valence-corrected chi connectivity index (χ4v) is 8.26. The molecule has 2 aliphatic rings. The molecule has 6 aromatic heterocycles. The summed E-state index contributed by atoms with van der Waals surface area (Å²) in [6.45, 7) is 9.05. The Morgan fingerprint density at radius 1 is 0.691 bits per heavy atom. The van der Waals surface area contributed by atoms with Crippen LogP contribution in [0.3, 0.4) is 0 Å². The molecule has 1 amide bonds. The first-order valence-corrected chi connectivity index (χ1v) is 20.0. The number of hydrogen-bond donors (Lipinski definition) is 3. The Labute approximate surface area is 325 Å². The number of pyridine rings is 2. The van der Waals surface area contributed by atoms with Crippen LogP contribution in [-0.4, -0.2) is 64.9 Å². The van der Waals surface area contributed by atoms with Gasteiger partial charge in [0.15, 0.2) is 11.4 Å². The van der Waals surface area contributed by atoms with E-state index < -0.39 is 17.6 Å². The van der Waals surface area contributed by atoms with Crippen LogP contribution in [0.5, 0.6) is 0 Å². The van der Waals surface area contributed by atoms with E-state index in [-0.39, 0.29) is 29.6 Å². The molecule has 16 heteroatoms. The van der Waals surface area contributed by atoms with E-state index in [0.29, 0.717) is 33.0 Å². The highest BCUT2D eigenvalue weighted by Crippen LogP contribution is 2.31. The molecular formula is C39H43F2N9O3S2. The fourth-order valence-electron chi connectivity index (χ4n) is 6.32. The number of aromatic carboxylic acids is 1. The number of fused-ring (bicyclic) bond motifs is 2. The minimum absolute atomic E-state index is 0.0415. The molecule has 1 saturated carbocycles. The number of anilines is 2. The maximum absolute atomic E-state index is 13.5. The van der Waals surface area contributed by atoms with Crippen molar-refractivity contribution in [2.75, 3.05) is 23.7 Å². The van der Waals surface area contributed by atoms with Gasteiger partial charge in [0, 0.05) is 25.5 Å². The monoisotopic (exact) mass is 787 g/mol. The minimum Gasteiger partial charge on any atom is -0.476 e. The highest BCUT2D eigenvalue weighted by atomic mass is 32.1. The molecule has 8 rings (SSSR count). The third-order valence-corrected chi connectivity index (χ3v) is 11.6. The predicted molar refractivity (Wildman–Crippen MR) is 212 cm³/mol. The van der Waals surface area contributed by atoms with Gasteiger partial charge in [0.05, 0.1) is 44.9 Å². The number of hydrogen-bond acceptors (Lipinski definition) is 12. The van der Waals surface area contributed by atoms with Crippen LogP contribution in [0.2, 0.25) is 0 Å². The molecule has 1 aliphatic heterocycles. The largest absolute Gasteiger partial charge is 0.476 e. The molecule has 3 N–H and O–H groups in total. The molecule has 0 unspecified atom stereocenters. The molecule has 1 saturated heterocycles. The standard InChI is InChI=1S/C19H20FN5OS.C15H13FN4O2S.C5H10/c1-11-10-27-17-15(11)23-19(22-12(2)13-7-14(20)9-21-8-13)24-16(17)18(26)25-5-3-4-6-25;1-7-6-23-13-11(7)19-15(20-12(13)14(21)22)18-8(2)9-3-10(16)5-17-4-9;1-2-4-5-3-1/h7-10,12H,3-6H2,1-2H3,(H,22,23,24);3-6,8H,1-2H3,(H,21,22)(H,18,19,20);1-5H2/t12-;8-;/m00./s1. The minimum atomic E-state index is -1.11. The van der Waals surface area contributed by atoms with Crippen molar-refractivity contribution in [1.29, 1.82) is 0 Å². The number of carbonyl (C=O) groups excluding carboxylic acids is 1. The van der Waals surface area contributed by atoms with Gasteiger partial charge in [0.25, 0.3) is 5.91 Å². The zero-order valence-electron chi connectivity index (χ0n) is 31.1. The molecule has 6 aromatic rings. The lowest BCUT2D eigenvalue weighted by Crippen LogP contribution is -2.29. The van der Waals surface area contributed by atoms with Crippen LogP contribution in [0, 0.1) is 25.5 Å². The molecule has 2 fully saturated rings. The van der Waals surface area contributed by atoms with Crippen molar-refractivity contribution in [1.82, 2.24) is 34.8 Å². The second-order valence-electron chi connectivity index (χ2n) is 13.7. The van der Waals surface area contributed by atoms with Crippen LogP contribution >= 0.6 is 22.7 Å². The lowest BCUT2D eigenvalue weighted by atomic mass is 10.1. The zero-order valence-corrected chi connectivity index (χ0v) is 32.7. The van der Waals surface area contributed by atoms with Crippen molar-refractivity contribution >= 4 is 66.9 Å². The SMILES string of the molecule is C1CCCC1.Cc1csc2c(C(=O)N3CCCC3)nc(N[C@@H](C)c3cncc(F)c3)nc12.Cc1csc2c(C(=O)O)nc(N[C@@H](C)c3cncc(F)c3)nc12. The van der Waals surface area contributed by atoms with Gasteiger partial charge in [-0.15, -0.1) is 22.7 Å². The third-order valence-electron chi connectivity index (χ3n) is 9.38. The van der Waals surface area contributed by atoms with Crippen molar-refractivity contribution in [2.24, 2.45) is 0 Å². The Bertz CT molecular complexity index is 2280. The molecule has 288 valence electrons. The molecule has 0 bridgehead atoms.